The number of hydrogen-bond donors (Lipinski definition) is 1. The number of amides is 2. The zero-order valence-corrected chi connectivity index (χ0v) is 18.6. The third kappa shape index (κ3) is 4.08. The highest BCUT2D eigenvalue weighted by Gasteiger charge is 2.48. The van der Waals surface area contributed by atoms with Gasteiger partial charge in [-0.2, -0.15) is 5.10 Å². The van der Waals surface area contributed by atoms with Crippen LogP contribution in [0.2, 0.25) is 0 Å². The van der Waals surface area contributed by atoms with Crippen LogP contribution in [0.15, 0.2) is 61.2 Å². The Hall–Kier alpha value is -3.68. The molecule has 2 aliphatic rings. The fourth-order valence-corrected chi connectivity index (χ4v) is 5.21. The van der Waals surface area contributed by atoms with E-state index >= 15 is 0 Å². The number of likely N-dealkylation sites (tertiary alicyclic amines) is 1. The molecule has 0 spiro atoms. The topological polar surface area (TPSA) is 89.4 Å². The first kappa shape index (κ1) is 21.2. The monoisotopic (exact) mass is 445 g/mol. The van der Waals surface area contributed by atoms with Crippen molar-refractivity contribution in [1.82, 2.24) is 19.7 Å². The summed E-state index contributed by atoms with van der Waals surface area (Å²) in [6, 6.07) is 14.2. The van der Waals surface area contributed by atoms with Gasteiger partial charge in [0.2, 0.25) is 5.91 Å². The van der Waals surface area contributed by atoms with E-state index in [0.717, 1.165) is 31.4 Å². The predicted octanol–water partition coefficient (Wildman–Crippen LogP) is 3.69. The molecular weight excluding hydrogens is 418 g/mol. The minimum Gasteiger partial charge on any atom is -0.496 e. The normalized spacial score (nSPS) is 22.0. The third-order valence-corrected chi connectivity index (χ3v) is 6.78. The van der Waals surface area contributed by atoms with Crippen molar-refractivity contribution in [2.45, 2.75) is 44.2 Å². The van der Waals surface area contributed by atoms with Gasteiger partial charge in [0.25, 0.3) is 5.91 Å². The first-order chi connectivity index (χ1) is 16.2. The molecule has 8 heteroatoms. The van der Waals surface area contributed by atoms with E-state index in [1.54, 1.807) is 30.3 Å². The van der Waals surface area contributed by atoms with Gasteiger partial charge < -0.3 is 15.0 Å². The van der Waals surface area contributed by atoms with E-state index in [2.05, 4.69) is 15.4 Å². The van der Waals surface area contributed by atoms with Crippen LogP contribution in [0, 0.1) is 5.92 Å². The smallest absolute Gasteiger partial charge is 0.258 e. The fourth-order valence-electron chi connectivity index (χ4n) is 5.21. The molecular formula is C25H27N5O3. The van der Waals surface area contributed by atoms with E-state index in [1.165, 1.54) is 6.33 Å². The number of para-hydroxylation sites is 1. The Kier molecular flexibility index (Phi) is 5.81. The van der Waals surface area contributed by atoms with Crippen LogP contribution in [-0.2, 0) is 4.79 Å². The van der Waals surface area contributed by atoms with Crippen LogP contribution < -0.4 is 10.1 Å². The van der Waals surface area contributed by atoms with Gasteiger partial charge in [-0.25, -0.2) is 9.67 Å². The molecule has 1 aliphatic carbocycles. The molecule has 0 bridgehead atoms. The quantitative estimate of drug-likeness (QED) is 0.647. The maximum Gasteiger partial charge on any atom is 0.258 e. The zero-order valence-electron chi connectivity index (χ0n) is 18.6. The minimum atomic E-state index is -0.509. The Morgan fingerprint density at radius 1 is 1.06 bits per heavy atom. The van der Waals surface area contributed by atoms with Crippen LogP contribution in [-0.4, -0.2) is 50.7 Å². The van der Waals surface area contributed by atoms with Crippen LogP contribution in [0.3, 0.4) is 0 Å². The standard InChI is InChI=1S/C25H27N5O3/c1-33-23-9-5-3-7-20(23)25(32)30-21-8-4-2-6-17(21)14-22(30)24(31)28-18-10-12-19(13-11-18)29-16-26-15-27-29/h3,5,7,9-13,15-17,21-22H,2,4,6,8,14H2,1H3,(H,28,31)/t17-,21+,22-/m0/s1. The number of anilines is 1. The Labute approximate surface area is 192 Å². The molecule has 33 heavy (non-hydrogen) atoms. The van der Waals surface area contributed by atoms with Crippen molar-refractivity contribution < 1.29 is 14.3 Å². The molecule has 1 aromatic heterocycles. The molecule has 8 nitrogen and oxygen atoms in total. The highest BCUT2D eigenvalue weighted by molar-refractivity contribution is 6.03. The lowest BCUT2D eigenvalue weighted by Gasteiger charge is -2.34. The summed E-state index contributed by atoms with van der Waals surface area (Å²) in [5.74, 6) is 0.595. The summed E-state index contributed by atoms with van der Waals surface area (Å²) in [6.07, 6.45) is 8.00. The first-order valence-electron chi connectivity index (χ1n) is 11.4. The van der Waals surface area contributed by atoms with E-state index in [-0.39, 0.29) is 17.9 Å². The fraction of sp³-hybridized carbons (Fsp3) is 0.360. The van der Waals surface area contributed by atoms with Gasteiger partial charge in [0.15, 0.2) is 0 Å². The van der Waals surface area contributed by atoms with E-state index in [0.29, 0.717) is 29.3 Å². The van der Waals surface area contributed by atoms with Crippen LogP contribution in [0.25, 0.3) is 5.69 Å². The highest BCUT2D eigenvalue weighted by Crippen LogP contribution is 2.41. The molecule has 0 radical (unpaired) electrons. The number of nitrogens with one attached hydrogen (secondary N) is 1. The molecule has 2 aromatic carbocycles. The summed E-state index contributed by atoms with van der Waals surface area (Å²) in [5, 5.41) is 7.14. The van der Waals surface area contributed by atoms with E-state index in [1.807, 2.05) is 41.3 Å². The van der Waals surface area contributed by atoms with E-state index < -0.39 is 6.04 Å². The van der Waals surface area contributed by atoms with Crippen LogP contribution >= 0.6 is 0 Å². The number of carbonyl (C=O) groups excluding carboxylic acids is 2. The number of aromatic nitrogens is 3. The number of hydrogen-bond acceptors (Lipinski definition) is 5. The molecule has 170 valence electrons. The third-order valence-electron chi connectivity index (χ3n) is 6.78. The molecule has 2 fully saturated rings. The van der Waals surface area contributed by atoms with Gasteiger partial charge in [0.05, 0.1) is 18.4 Å². The number of rotatable bonds is 5. The van der Waals surface area contributed by atoms with Crippen molar-refractivity contribution in [3.8, 4) is 11.4 Å². The number of nitrogens with zero attached hydrogens (tertiary/aromatic N) is 4. The maximum absolute atomic E-state index is 13.7. The van der Waals surface area contributed by atoms with Crippen molar-refractivity contribution in [2.24, 2.45) is 5.92 Å². The summed E-state index contributed by atoms with van der Waals surface area (Å²) < 4.78 is 7.09. The summed E-state index contributed by atoms with van der Waals surface area (Å²) in [4.78, 5) is 32.9. The van der Waals surface area contributed by atoms with Crippen molar-refractivity contribution in [3.05, 3.63) is 66.7 Å². The van der Waals surface area contributed by atoms with Crippen LogP contribution in [0.5, 0.6) is 5.75 Å². The van der Waals surface area contributed by atoms with Gasteiger partial charge in [-0.15, -0.1) is 0 Å². The van der Waals surface area contributed by atoms with Gasteiger partial charge in [-0.3, -0.25) is 9.59 Å². The largest absolute Gasteiger partial charge is 0.496 e. The van der Waals surface area contributed by atoms with Gasteiger partial charge in [0, 0.05) is 11.7 Å². The molecule has 1 N–H and O–H groups in total. The molecule has 2 amide bonds. The minimum absolute atomic E-state index is 0.0848. The maximum atomic E-state index is 13.7. The average molecular weight is 446 g/mol. The second kappa shape index (κ2) is 9.05. The number of ether oxygens (including phenoxy) is 1. The molecule has 1 aliphatic heterocycles. The van der Waals surface area contributed by atoms with Crippen molar-refractivity contribution >= 4 is 17.5 Å². The average Bonchev–Trinajstić information content (AvgIpc) is 3.52. The van der Waals surface area contributed by atoms with Gasteiger partial charge in [0.1, 0.15) is 24.4 Å². The van der Waals surface area contributed by atoms with Crippen LogP contribution in [0.1, 0.15) is 42.5 Å². The van der Waals surface area contributed by atoms with Crippen molar-refractivity contribution in [2.75, 3.05) is 12.4 Å². The zero-order chi connectivity index (χ0) is 22.8. The summed E-state index contributed by atoms with van der Waals surface area (Å²) in [7, 11) is 1.56. The molecule has 2 heterocycles. The number of benzene rings is 2. The van der Waals surface area contributed by atoms with Gasteiger partial charge >= 0.3 is 0 Å². The molecule has 5 rings (SSSR count). The number of fused-ring (bicyclic) bond motifs is 1. The summed E-state index contributed by atoms with van der Waals surface area (Å²) >= 11 is 0. The predicted molar refractivity (Wildman–Crippen MR) is 123 cm³/mol. The van der Waals surface area contributed by atoms with Crippen molar-refractivity contribution in [3.63, 3.8) is 0 Å². The SMILES string of the molecule is COc1ccccc1C(=O)N1[C@@H]2CCCC[C@H]2C[C@H]1C(=O)Nc1ccc(-n2cncn2)cc1. The first-order valence-corrected chi connectivity index (χ1v) is 11.4. The molecule has 1 saturated heterocycles. The molecule has 0 unspecified atom stereocenters. The molecule has 3 aromatic rings. The van der Waals surface area contributed by atoms with E-state index in [4.69, 9.17) is 4.74 Å². The van der Waals surface area contributed by atoms with Crippen molar-refractivity contribution in [1.29, 1.82) is 0 Å². The summed E-state index contributed by atoms with van der Waals surface area (Å²) in [6.45, 7) is 0. The Morgan fingerprint density at radius 2 is 1.85 bits per heavy atom. The van der Waals surface area contributed by atoms with Gasteiger partial charge in [-0.1, -0.05) is 25.0 Å². The lowest BCUT2D eigenvalue weighted by Crippen LogP contribution is -2.47. The lowest BCUT2D eigenvalue weighted by molar-refractivity contribution is -0.120. The van der Waals surface area contributed by atoms with Crippen LogP contribution in [0.4, 0.5) is 5.69 Å². The van der Waals surface area contributed by atoms with Gasteiger partial charge in [-0.05, 0) is 61.6 Å². The Morgan fingerprint density at radius 3 is 2.61 bits per heavy atom. The summed E-state index contributed by atoms with van der Waals surface area (Å²) in [5.41, 5.74) is 2.04. The number of methoxy groups -OCH3 is 1. The second-order valence-corrected chi connectivity index (χ2v) is 8.65. The number of carbonyl (C=O) groups is 2. The van der Waals surface area contributed by atoms with E-state index in [9.17, 15) is 9.59 Å². The Bertz CT molecular complexity index is 1130. The highest BCUT2D eigenvalue weighted by atomic mass is 16.5. The Balaban J connectivity index is 1.39. The lowest BCUT2D eigenvalue weighted by atomic mass is 9.84. The second-order valence-electron chi connectivity index (χ2n) is 8.65. The molecule has 1 saturated carbocycles. The molecule has 3 atom stereocenters.